The van der Waals surface area contributed by atoms with Gasteiger partial charge in [0, 0.05) is 16.7 Å². The Morgan fingerprint density at radius 1 is 1.10 bits per heavy atom. The second-order valence-corrected chi connectivity index (χ2v) is 8.56. The van der Waals surface area contributed by atoms with Crippen molar-refractivity contribution in [2.24, 2.45) is 0 Å². The predicted molar refractivity (Wildman–Crippen MR) is 110 cm³/mol. The van der Waals surface area contributed by atoms with E-state index in [-0.39, 0.29) is 4.90 Å². The zero-order chi connectivity index (χ0) is 20.4. The fourth-order valence-corrected chi connectivity index (χ4v) is 3.84. The molecule has 0 unspecified atom stereocenters. The number of benzene rings is 2. The van der Waals surface area contributed by atoms with Crippen LogP contribution in [0.1, 0.15) is 5.56 Å². The molecule has 9 heteroatoms. The van der Waals surface area contributed by atoms with Gasteiger partial charge in [0.2, 0.25) is 15.9 Å². The highest BCUT2D eigenvalue weighted by Gasteiger charge is 2.14. The summed E-state index contributed by atoms with van der Waals surface area (Å²) in [5, 5.41) is 5.14. The molecular weight excluding hydrogens is 412 g/mol. The lowest BCUT2D eigenvalue weighted by Crippen LogP contribution is -2.18. The van der Waals surface area contributed by atoms with Gasteiger partial charge >= 0.3 is 0 Å². The molecule has 0 radical (unpaired) electrons. The number of ether oxygens (including phenoxy) is 1. The molecule has 0 amide bonds. The van der Waals surface area contributed by atoms with E-state index in [9.17, 15) is 8.42 Å². The smallest absolute Gasteiger partial charge is 0.240 e. The van der Waals surface area contributed by atoms with Crippen LogP contribution in [0.3, 0.4) is 0 Å². The van der Waals surface area contributed by atoms with E-state index in [1.807, 2.05) is 18.2 Å². The molecule has 0 aliphatic carbocycles. The van der Waals surface area contributed by atoms with Gasteiger partial charge in [-0.1, -0.05) is 35.9 Å². The minimum Gasteiger partial charge on any atom is -0.472 e. The van der Waals surface area contributed by atoms with Crippen molar-refractivity contribution in [2.45, 2.75) is 11.5 Å². The van der Waals surface area contributed by atoms with Crippen molar-refractivity contribution >= 4 is 27.3 Å². The lowest BCUT2D eigenvalue weighted by molar-refractivity contribution is 0.289. The summed E-state index contributed by atoms with van der Waals surface area (Å²) < 4.78 is 33.9. The zero-order valence-electron chi connectivity index (χ0n) is 15.4. The van der Waals surface area contributed by atoms with Gasteiger partial charge in [-0.15, -0.1) is 5.10 Å². The van der Waals surface area contributed by atoms with Crippen molar-refractivity contribution in [3.05, 3.63) is 77.4 Å². The van der Waals surface area contributed by atoms with Gasteiger partial charge in [-0.05, 0) is 42.9 Å². The van der Waals surface area contributed by atoms with Crippen LogP contribution in [0.2, 0.25) is 5.02 Å². The minimum atomic E-state index is -3.55. The lowest BCUT2D eigenvalue weighted by atomic mass is 10.2. The maximum Gasteiger partial charge on any atom is 0.240 e. The summed E-state index contributed by atoms with van der Waals surface area (Å²) in [7, 11) is -2.18. The molecule has 0 spiro atoms. The van der Waals surface area contributed by atoms with Crippen molar-refractivity contribution in [3.8, 4) is 17.1 Å². The summed E-state index contributed by atoms with van der Waals surface area (Å²) in [6.07, 6.45) is 1.65. The first-order valence-corrected chi connectivity index (χ1v) is 10.6. The quantitative estimate of drug-likeness (QED) is 0.507. The van der Waals surface area contributed by atoms with E-state index in [2.05, 4.69) is 14.8 Å². The zero-order valence-corrected chi connectivity index (χ0v) is 17.0. The monoisotopic (exact) mass is 428 g/mol. The van der Waals surface area contributed by atoms with Crippen LogP contribution in [0.25, 0.3) is 16.9 Å². The first-order valence-electron chi connectivity index (χ1n) is 8.72. The highest BCUT2D eigenvalue weighted by molar-refractivity contribution is 7.89. The molecule has 0 atom stereocenters. The van der Waals surface area contributed by atoms with Crippen molar-refractivity contribution in [1.29, 1.82) is 0 Å². The van der Waals surface area contributed by atoms with Gasteiger partial charge < -0.3 is 4.74 Å². The van der Waals surface area contributed by atoms with E-state index in [1.165, 1.54) is 13.1 Å². The Kier molecular flexibility index (Phi) is 5.23. The van der Waals surface area contributed by atoms with Crippen LogP contribution in [0.15, 0.2) is 71.8 Å². The molecule has 0 saturated heterocycles. The Labute approximate surface area is 173 Å². The Morgan fingerprint density at radius 3 is 2.72 bits per heavy atom. The molecule has 4 aromatic rings. The van der Waals surface area contributed by atoms with Crippen molar-refractivity contribution in [2.75, 3.05) is 7.05 Å². The number of nitrogens with one attached hydrogen (secondary N) is 1. The van der Waals surface area contributed by atoms with Gasteiger partial charge in [0.25, 0.3) is 0 Å². The van der Waals surface area contributed by atoms with Crippen molar-refractivity contribution < 1.29 is 13.2 Å². The summed E-state index contributed by atoms with van der Waals surface area (Å²) >= 11 is 6.00. The summed E-state index contributed by atoms with van der Waals surface area (Å²) in [4.78, 5) is 4.51. The van der Waals surface area contributed by atoms with E-state index in [0.717, 1.165) is 5.56 Å². The molecule has 0 aliphatic heterocycles. The third-order valence-electron chi connectivity index (χ3n) is 4.32. The number of hydrogen-bond donors (Lipinski definition) is 1. The third kappa shape index (κ3) is 4.09. The van der Waals surface area contributed by atoms with Crippen LogP contribution in [-0.4, -0.2) is 30.1 Å². The van der Waals surface area contributed by atoms with Crippen LogP contribution in [0.5, 0.6) is 5.88 Å². The number of halogens is 1. The molecule has 2 aromatic heterocycles. The average molecular weight is 429 g/mol. The summed E-state index contributed by atoms with van der Waals surface area (Å²) in [5.41, 5.74) is 2.88. The number of sulfonamides is 1. The molecular formula is C20H17ClN4O3S. The Bertz CT molecular complexity index is 1290. The van der Waals surface area contributed by atoms with Gasteiger partial charge in [-0.25, -0.2) is 22.6 Å². The maximum absolute atomic E-state index is 12.1. The molecule has 1 N–H and O–H groups in total. The molecule has 0 fully saturated rings. The van der Waals surface area contributed by atoms with Crippen LogP contribution in [0.4, 0.5) is 0 Å². The summed E-state index contributed by atoms with van der Waals surface area (Å²) in [6.45, 7) is 0.318. The third-order valence-corrected chi connectivity index (χ3v) is 5.97. The summed E-state index contributed by atoms with van der Waals surface area (Å²) in [6, 6.07) is 17.5. The van der Waals surface area contributed by atoms with Crippen LogP contribution < -0.4 is 9.46 Å². The molecule has 4 rings (SSSR count). The largest absolute Gasteiger partial charge is 0.472 e. The van der Waals surface area contributed by atoms with E-state index in [4.69, 9.17) is 16.3 Å². The number of aromatic nitrogens is 3. The topological polar surface area (TPSA) is 85.6 Å². The van der Waals surface area contributed by atoms with Crippen LogP contribution in [-0.2, 0) is 16.6 Å². The van der Waals surface area contributed by atoms with Crippen molar-refractivity contribution in [3.63, 3.8) is 0 Å². The Hall–Kier alpha value is -2.94. The van der Waals surface area contributed by atoms with Gasteiger partial charge in [0.1, 0.15) is 6.61 Å². The molecule has 0 aliphatic rings. The van der Waals surface area contributed by atoms with E-state index < -0.39 is 10.0 Å². The first kappa shape index (κ1) is 19.4. The van der Waals surface area contributed by atoms with Crippen LogP contribution >= 0.6 is 11.6 Å². The molecule has 29 heavy (non-hydrogen) atoms. The van der Waals surface area contributed by atoms with Gasteiger partial charge in [-0.3, -0.25) is 0 Å². The van der Waals surface area contributed by atoms with Gasteiger partial charge in [0.15, 0.2) is 5.65 Å². The highest BCUT2D eigenvalue weighted by atomic mass is 35.5. The molecule has 0 bridgehead atoms. The second-order valence-electron chi connectivity index (χ2n) is 6.24. The first-order chi connectivity index (χ1) is 14.0. The fourth-order valence-electron chi connectivity index (χ4n) is 2.85. The van der Waals surface area contributed by atoms with Gasteiger partial charge in [-0.2, -0.15) is 0 Å². The average Bonchev–Trinajstić information content (AvgIpc) is 3.16. The minimum absolute atomic E-state index is 0.167. The van der Waals surface area contributed by atoms with Gasteiger partial charge in [0.05, 0.1) is 16.8 Å². The highest BCUT2D eigenvalue weighted by Crippen LogP contribution is 2.24. The number of nitrogens with zero attached hydrogens (tertiary/aromatic N) is 3. The molecule has 148 valence electrons. The summed E-state index contributed by atoms with van der Waals surface area (Å²) in [5.74, 6) is 0.413. The maximum atomic E-state index is 12.1. The SMILES string of the molecule is CNS(=O)(=O)c1cccc(-c2cnc3ccc(OCc4cccc(Cl)c4)nn23)c1. The lowest BCUT2D eigenvalue weighted by Gasteiger charge is -2.08. The van der Waals surface area contributed by atoms with E-state index >= 15 is 0 Å². The standard InChI is InChI=1S/C20H17ClN4O3S/c1-22-29(26,27)17-7-3-5-15(11-17)18-12-23-19-8-9-20(24-25(18)19)28-13-14-4-2-6-16(21)10-14/h2-12,22H,13H2,1H3. The number of imidazole rings is 1. The van der Waals surface area contributed by atoms with E-state index in [0.29, 0.717) is 34.4 Å². The normalized spacial score (nSPS) is 11.7. The predicted octanol–water partition coefficient (Wildman–Crippen LogP) is 3.54. The molecule has 7 nitrogen and oxygen atoms in total. The molecule has 0 saturated carbocycles. The Balaban J connectivity index is 1.66. The van der Waals surface area contributed by atoms with E-state index in [1.54, 1.807) is 47.1 Å². The molecule has 2 heterocycles. The van der Waals surface area contributed by atoms with Crippen LogP contribution in [0, 0.1) is 0 Å². The number of fused-ring (bicyclic) bond motifs is 1. The Morgan fingerprint density at radius 2 is 1.93 bits per heavy atom. The number of hydrogen-bond acceptors (Lipinski definition) is 5. The fraction of sp³-hybridized carbons (Fsp3) is 0.100. The second kappa shape index (κ2) is 7.82. The van der Waals surface area contributed by atoms with Crippen molar-refractivity contribution in [1.82, 2.24) is 19.3 Å². The number of rotatable bonds is 6. The molecule has 2 aromatic carbocycles.